The van der Waals surface area contributed by atoms with Crippen molar-refractivity contribution in [3.63, 3.8) is 0 Å². The highest BCUT2D eigenvalue weighted by Gasteiger charge is 2.13. The second-order valence-corrected chi connectivity index (χ2v) is 6.00. The summed E-state index contributed by atoms with van der Waals surface area (Å²) in [5.74, 6) is 0.0657. The first-order valence-electron chi connectivity index (χ1n) is 6.94. The number of rotatable bonds is 4. The Morgan fingerprint density at radius 1 is 1.35 bits per heavy atom. The third-order valence-electron chi connectivity index (χ3n) is 3.29. The molecule has 0 atom stereocenters. The van der Waals surface area contributed by atoms with Gasteiger partial charge in [0.15, 0.2) is 16.3 Å². The van der Waals surface area contributed by atoms with Crippen LogP contribution in [0.3, 0.4) is 0 Å². The monoisotopic (exact) mass is 329 g/mol. The summed E-state index contributed by atoms with van der Waals surface area (Å²) in [6.45, 7) is 1.99. The van der Waals surface area contributed by atoms with Gasteiger partial charge in [-0.05, 0) is 19.1 Å². The zero-order valence-corrected chi connectivity index (χ0v) is 13.5. The molecule has 8 heteroatoms. The smallest absolute Gasteiger partial charge is 0.278 e. The number of aromatic amines is 1. The van der Waals surface area contributed by atoms with Crippen LogP contribution >= 0.6 is 11.8 Å². The molecule has 0 saturated carbocycles. The molecule has 23 heavy (non-hydrogen) atoms. The van der Waals surface area contributed by atoms with Crippen molar-refractivity contribution < 1.29 is 4.79 Å². The fourth-order valence-corrected chi connectivity index (χ4v) is 2.85. The van der Waals surface area contributed by atoms with Crippen LogP contribution in [0.25, 0.3) is 11.2 Å². The topological polar surface area (TPSA) is 92.7 Å². The predicted octanol–water partition coefficient (Wildman–Crippen LogP) is 1.70. The van der Waals surface area contributed by atoms with Gasteiger partial charge in [0, 0.05) is 12.7 Å². The van der Waals surface area contributed by atoms with Gasteiger partial charge < -0.3 is 14.9 Å². The highest BCUT2D eigenvalue weighted by molar-refractivity contribution is 7.99. The average molecular weight is 329 g/mol. The summed E-state index contributed by atoms with van der Waals surface area (Å²) in [5.41, 5.74) is 2.37. The lowest BCUT2D eigenvalue weighted by molar-refractivity contribution is -0.113. The number of amides is 1. The van der Waals surface area contributed by atoms with Gasteiger partial charge in [0.2, 0.25) is 5.91 Å². The van der Waals surface area contributed by atoms with Crippen molar-refractivity contribution in [2.45, 2.75) is 12.1 Å². The minimum atomic E-state index is -0.290. The number of hydrogen-bond acceptors (Lipinski definition) is 5. The number of imidazole rings is 1. The molecule has 0 radical (unpaired) electrons. The lowest BCUT2D eigenvalue weighted by Gasteiger charge is -2.05. The number of carbonyl (C=O) groups is 1. The second-order valence-electron chi connectivity index (χ2n) is 5.06. The van der Waals surface area contributed by atoms with E-state index in [1.165, 1.54) is 18.1 Å². The number of hydrogen-bond donors (Lipinski definition) is 2. The van der Waals surface area contributed by atoms with Crippen LogP contribution in [0.2, 0.25) is 0 Å². The molecule has 1 amide bonds. The molecule has 7 nitrogen and oxygen atoms in total. The highest BCUT2D eigenvalue weighted by atomic mass is 32.2. The van der Waals surface area contributed by atoms with E-state index in [-0.39, 0.29) is 22.7 Å². The largest absolute Gasteiger partial charge is 0.325 e. The van der Waals surface area contributed by atoms with Gasteiger partial charge >= 0.3 is 0 Å². The van der Waals surface area contributed by atoms with Crippen LogP contribution in [0.15, 0.2) is 40.5 Å². The van der Waals surface area contributed by atoms with Crippen LogP contribution in [0.4, 0.5) is 5.69 Å². The number of carbonyl (C=O) groups excluding carboxylic acids is 1. The van der Waals surface area contributed by atoms with Crippen LogP contribution in [-0.2, 0) is 11.8 Å². The summed E-state index contributed by atoms with van der Waals surface area (Å²) < 4.78 is 1.70. The van der Waals surface area contributed by atoms with Crippen molar-refractivity contribution in [3.05, 3.63) is 46.5 Å². The fourth-order valence-electron chi connectivity index (χ4n) is 2.08. The first-order chi connectivity index (χ1) is 11.0. The molecule has 0 fully saturated rings. The minimum absolute atomic E-state index is 0.132. The number of H-pyrrole nitrogens is 1. The third kappa shape index (κ3) is 3.26. The van der Waals surface area contributed by atoms with E-state index in [2.05, 4.69) is 20.3 Å². The molecular formula is C15H15N5O2S. The van der Waals surface area contributed by atoms with Crippen LogP contribution in [0, 0.1) is 6.92 Å². The van der Waals surface area contributed by atoms with Crippen molar-refractivity contribution in [1.82, 2.24) is 19.5 Å². The van der Waals surface area contributed by atoms with E-state index in [1.54, 1.807) is 11.6 Å². The zero-order chi connectivity index (χ0) is 16.4. The molecule has 1 aromatic carbocycles. The maximum atomic E-state index is 12.0. The summed E-state index contributed by atoms with van der Waals surface area (Å²) in [7, 11) is 1.77. The molecule has 0 aliphatic rings. The van der Waals surface area contributed by atoms with Crippen molar-refractivity contribution in [1.29, 1.82) is 0 Å². The van der Waals surface area contributed by atoms with Gasteiger partial charge in [0.1, 0.15) is 0 Å². The molecule has 118 valence electrons. The number of nitrogens with zero attached hydrogens (tertiary/aromatic N) is 3. The van der Waals surface area contributed by atoms with Crippen molar-refractivity contribution >= 4 is 34.5 Å². The Morgan fingerprint density at radius 3 is 2.78 bits per heavy atom. The molecule has 0 unspecified atom stereocenters. The van der Waals surface area contributed by atoms with E-state index in [0.29, 0.717) is 10.8 Å². The van der Waals surface area contributed by atoms with Gasteiger partial charge in [-0.3, -0.25) is 9.59 Å². The van der Waals surface area contributed by atoms with Crippen LogP contribution in [-0.4, -0.2) is 31.2 Å². The Morgan fingerprint density at radius 2 is 2.09 bits per heavy atom. The van der Waals surface area contributed by atoms with Gasteiger partial charge in [-0.25, -0.2) is 9.97 Å². The number of fused-ring (bicyclic) bond motifs is 1. The predicted molar refractivity (Wildman–Crippen MR) is 89.7 cm³/mol. The maximum absolute atomic E-state index is 12.0. The third-order valence-corrected chi connectivity index (χ3v) is 4.32. The number of benzene rings is 1. The maximum Gasteiger partial charge on any atom is 0.278 e. The van der Waals surface area contributed by atoms with Crippen LogP contribution in [0.5, 0.6) is 0 Å². The first-order valence-corrected chi connectivity index (χ1v) is 7.92. The molecule has 2 heterocycles. The SMILES string of the molecule is Cc1ccc(NC(=O)CSc2nc3c(=O)[nH]cnc3n2C)cc1. The van der Waals surface area contributed by atoms with Crippen molar-refractivity contribution in [2.75, 3.05) is 11.1 Å². The van der Waals surface area contributed by atoms with Gasteiger partial charge in [0.25, 0.3) is 5.56 Å². The molecule has 0 aliphatic carbocycles. The Kier molecular flexibility index (Phi) is 4.16. The first kappa shape index (κ1) is 15.3. The summed E-state index contributed by atoms with van der Waals surface area (Å²) in [6, 6.07) is 7.59. The van der Waals surface area contributed by atoms with Crippen molar-refractivity contribution in [3.8, 4) is 0 Å². The van der Waals surface area contributed by atoms with E-state index in [4.69, 9.17) is 0 Å². The summed E-state index contributed by atoms with van der Waals surface area (Å²) in [4.78, 5) is 34.5. The Bertz CT molecular complexity index is 914. The lowest BCUT2D eigenvalue weighted by Crippen LogP contribution is -2.14. The fraction of sp³-hybridized carbons (Fsp3) is 0.200. The van der Waals surface area contributed by atoms with Crippen molar-refractivity contribution in [2.24, 2.45) is 7.05 Å². The Hall–Kier alpha value is -2.61. The van der Waals surface area contributed by atoms with E-state index < -0.39 is 0 Å². The molecule has 0 aliphatic heterocycles. The highest BCUT2D eigenvalue weighted by Crippen LogP contribution is 2.19. The number of nitrogens with one attached hydrogen (secondary N) is 2. The normalized spacial score (nSPS) is 10.9. The molecule has 2 aromatic heterocycles. The summed E-state index contributed by atoms with van der Waals surface area (Å²) in [6.07, 6.45) is 1.34. The molecule has 3 aromatic rings. The minimum Gasteiger partial charge on any atom is -0.325 e. The standard InChI is InChI=1S/C15H15N5O2S/c1-9-3-5-10(6-4-9)18-11(21)7-23-15-19-12-13(20(15)2)16-8-17-14(12)22/h3-6,8H,7H2,1-2H3,(H,18,21)(H,16,17,22). The molecule has 0 bridgehead atoms. The van der Waals surface area contributed by atoms with Gasteiger partial charge in [-0.15, -0.1) is 0 Å². The molecule has 0 saturated heterocycles. The van der Waals surface area contributed by atoms with Gasteiger partial charge in [-0.1, -0.05) is 29.5 Å². The number of anilines is 1. The van der Waals surface area contributed by atoms with Crippen LogP contribution in [0.1, 0.15) is 5.56 Å². The van der Waals surface area contributed by atoms with E-state index in [9.17, 15) is 9.59 Å². The molecule has 2 N–H and O–H groups in total. The Balaban J connectivity index is 1.69. The summed E-state index contributed by atoms with van der Waals surface area (Å²) >= 11 is 1.26. The van der Waals surface area contributed by atoms with E-state index >= 15 is 0 Å². The molecule has 3 rings (SSSR count). The number of aromatic nitrogens is 4. The second kappa shape index (κ2) is 6.25. The van der Waals surface area contributed by atoms with E-state index in [0.717, 1.165) is 11.3 Å². The summed E-state index contributed by atoms with van der Waals surface area (Å²) in [5, 5.41) is 3.40. The zero-order valence-electron chi connectivity index (χ0n) is 12.7. The van der Waals surface area contributed by atoms with E-state index in [1.807, 2.05) is 31.2 Å². The lowest BCUT2D eigenvalue weighted by atomic mass is 10.2. The van der Waals surface area contributed by atoms with Gasteiger partial charge in [0.05, 0.1) is 12.1 Å². The molecular weight excluding hydrogens is 314 g/mol. The Labute approximate surface area is 136 Å². The number of thioether (sulfide) groups is 1. The number of aryl methyl sites for hydroxylation is 2. The quantitative estimate of drug-likeness (QED) is 0.711. The van der Waals surface area contributed by atoms with Gasteiger partial charge in [-0.2, -0.15) is 0 Å². The molecule has 0 spiro atoms. The van der Waals surface area contributed by atoms with Crippen LogP contribution < -0.4 is 10.9 Å². The average Bonchev–Trinajstić information content (AvgIpc) is 2.86.